The first-order valence-electron chi connectivity index (χ1n) is 8.63. The summed E-state index contributed by atoms with van der Waals surface area (Å²) in [5.41, 5.74) is -4.07. The molecule has 0 aliphatic rings. The van der Waals surface area contributed by atoms with Crippen LogP contribution in [0.1, 0.15) is 37.7 Å². The minimum atomic E-state index is -5.00. The van der Waals surface area contributed by atoms with Gasteiger partial charge in [0.05, 0.1) is 35.2 Å². The average molecular weight is 424 g/mol. The number of aromatic nitrogens is 2. The molecule has 1 aromatic heterocycles. The van der Waals surface area contributed by atoms with Crippen LogP contribution in [0.3, 0.4) is 0 Å². The van der Waals surface area contributed by atoms with Crippen molar-refractivity contribution >= 4 is 16.9 Å². The number of amides is 1. The van der Waals surface area contributed by atoms with Crippen LogP contribution >= 0.6 is 0 Å². The zero-order valence-corrected chi connectivity index (χ0v) is 16.6. The highest BCUT2D eigenvalue weighted by atomic mass is 19.4. The molecule has 0 aliphatic carbocycles. The largest absolute Gasteiger partial charge is 0.418 e. The highest BCUT2D eigenvalue weighted by Crippen LogP contribution is 2.40. The Kier molecular flexibility index (Phi) is 5.95. The fourth-order valence-electron chi connectivity index (χ4n) is 2.70. The van der Waals surface area contributed by atoms with Crippen LogP contribution in [0.15, 0.2) is 12.1 Å². The molecule has 162 valence electrons. The molecule has 2 aromatic rings. The van der Waals surface area contributed by atoms with Crippen LogP contribution < -0.4 is 5.32 Å². The first-order chi connectivity index (χ1) is 13.0. The summed E-state index contributed by atoms with van der Waals surface area (Å²) in [7, 11) is 2.72. The van der Waals surface area contributed by atoms with Gasteiger partial charge in [-0.05, 0) is 32.9 Å². The van der Waals surface area contributed by atoms with E-state index in [0.717, 1.165) is 4.57 Å². The van der Waals surface area contributed by atoms with Crippen LogP contribution in [0.4, 0.5) is 26.3 Å². The standard InChI is InChI=1S/C18H22F6N4O/c1-16(2,3)25-8-14(29)27(4)9-13-26-12-7-10(17(19,20)21)6-11(18(22,23)24)15(12)28(13)5/h6-7,25H,8-9H2,1-5H3. The number of hydrogen-bond donors (Lipinski definition) is 1. The maximum atomic E-state index is 13.4. The molecule has 11 heteroatoms. The van der Waals surface area contributed by atoms with E-state index in [1.165, 1.54) is 19.0 Å². The van der Waals surface area contributed by atoms with E-state index >= 15 is 0 Å². The average Bonchev–Trinajstić information content (AvgIpc) is 2.85. The highest BCUT2D eigenvalue weighted by molar-refractivity contribution is 5.82. The molecular formula is C18H22F6N4O. The Morgan fingerprint density at radius 1 is 1.10 bits per heavy atom. The Bertz CT molecular complexity index is 908. The lowest BCUT2D eigenvalue weighted by Crippen LogP contribution is -2.43. The Balaban J connectivity index is 2.44. The van der Waals surface area contributed by atoms with Gasteiger partial charge in [-0.2, -0.15) is 26.3 Å². The zero-order chi connectivity index (χ0) is 22.4. The molecule has 1 heterocycles. The second-order valence-corrected chi connectivity index (χ2v) is 7.83. The van der Waals surface area contributed by atoms with E-state index in [1.807, 2.05) is 20.8 Å². The second-order valence-electron chi connectivity index (χ2n) is 7.83. The van der Waals surface area contributed by atoms with Crippen molar-refractivity contribution in [3.63, 3.8) is 0 Å². The van der Waals surface area contributed by atoms with Crippen molar-refractivity contribution < 1.29 is 31.1 Å². The first kappa shape index (κ1) is 23.0. The number of likely N-dealkylation sites (N-methyl/N-ethyl adjacent to an activating group) is 1. The van der Waals surface area contributed by atoms with Crippen LogP contribution in [0.25, 0.3) is 11.0 Å². The fraction of sp³-hybridized carbons (Fsp3) is 0.556. The molecule has 1 amide bonds. The van der Waals surface area contributed by atoms with Crippen LogP contribution in [0, 0.1) is 0 Å². The number of hydrogen-bond acceptors (Lipinski definition) is 3. The first-order valence-corrected chi connectivity index (χ1v) is 8.63. The summed E-state index contributed by atoms with van der Waals surface area (Å²) >= 11 is 0. The molecule has 0 aliphatic heterocycles. The molecule has 0 saturated heterocycles. The molecule has 29 heavy (non-hydrogen) atoms. The third-order valence-electron chi connectivity index (χ3n) is 4.27. The SMILES string of the molecule is CN(Cc1nc2cc(C(F)(F)F)cc(C(F)(F)F)c2n1C)C(=O)CNC(C)(C)C. The summed E-state index contributed by atoms with van der Waals surface area (Å²) in [5.74, 6) is -0.296. The summed E-state index contributed by atoms with van der Waals surface area (Å²) in [4.78, 5) is 17.4. The van der Waals surface area contributed by atoms with Crippen molar-refractivity contribution in [2.75, 3.05) is 13.6 Å². The molecule has 5 nitrogen and oxygen atoms in total. The maximum absolute atomic E-state index is 13.4. The van der Waals surface area contributed by atoms with E-state index in [0.29, 0.717) is 6.07 Å². The molecule has 0 unspecified atom stereocenters. The Hall–Kier alpha value is -2.30. The minimum absolute atomic E-state index is 0.00400. The van der Waals surface area contributed by atoms with Crippen molar-refractivity contribution in [2.24, 2.45) is 7.05 Å². The number of imidazole rings is 1. The number of nitrogens with zero attached hydrogens (tertiary/aromatic N) is 3. The van der Waals surface area contributed by atoms with Crippen LogP contribution in [-0.2, 0) is 30.7 Å². The number of halogens is 6. The smallest absolute Gasteiger partial charge is 0.337 e. The Labute approximate surface area is 163 Å². The van der Waals surface area contributed by atoms with Crippen LogP contribution in [-0.4, -0.2) is 39.5 Å². The van der Waals surface area contributed by atoms with E-state index in [-0.39, 0.29) is 36.4 Å². The van der Waals surface area contributed by atoms with Gasteiger partial charge in [0.1, 0.15) is 5.82 Å². The number of rotatable bonds is 4. The lowest BCUT2D eigenvalue weighted by atomic mass is 10.1. The predicted molar refractivity (Wildman–Crippen MR) is 94.9 cm³/mol. The minimum Gasteiger partial charge on any atom is -0.337 e. The summed E-state index contributed by atoms with van der Waals surface area (Å²) < 4.78 is 80.3. The Morgan fingerprint density at radius 2 is 1.69 bits per heavy atom. The van der Waals surface area contributed by atoms with Crippen LogP contribution in [0.5, 0.6) is 0 Å². The van der Waals surface area contributed by atoms with Gasteiger partial charge in [0.2, 0.25) is 5.91 Å². The number of carbonyl (C=O) groups excluding carboxylic acids is 1. The number of benzene rings is 1. The topological polar surface area (TPSA) is 50.2 Å². The molecule has 0 bridgehead atoms. The van der Waals surface area contributed by atoms with Crippen molar-refractivity contribution in [2.45, 2.75) is 45.2 Å². The summed E-state index contributed by atoms with van der Waals surface area (Å²) in [6.45, 7) is 5.43. The number of alkyl halides is 6. The Morgan fingerprint density at radius 3 is 2.17 bits per heavy atom. The molecule has 0 atom stereocenters. The number of aryl methyl sites for hydroxylation is 1. The molecule has 1 aromatic carbocycles. The molecule has 1 N–H and O–H groups in total. The molecule has 0 radical (unpaired) electrons. The van der Waals surface area contributed by atoms with Crippen LogP contribution in [0.2, 0.25) is 0 Å². The normalized spacial score (nSPS) is 13.2. The highest BCUT2D eigenvalue weighted by Gasteiger charge is 2.39. The molecule has 0 spiro atoms. The maximum Gasteiger partial charge on any atom is 0.418 e. The monoisotopic (exact) mass is 424 g/mol. The predicted octanol–water partition coefficient (Wildman–Crippen LogP) is 3.96. The van der Waals surface area contributed by atoms with Gasteiger partial charge in [-0.3, -0.25) is 4.79 Å². The zero-order valence-electron chi connectivity index (χ0n) is 16.6. The third kappa shape index (κ3) is 5.40. The second kappa shape index (κ2) is 7.51. The molecule has 2 rings (SSSR count). The fourth-order valence-corrected chi connectivity index (χ4v) is 2.70. The quantitative estimate of drug-likeness (QED) is 0.756. The molecule has 0 fully saturated rings. The lowest BCUT2D eigenvalue weighted by molar-refractivity contribution is -0.142. The summed E-state index contributed by atoms with van der Waals surface area (Å²) in [5, 5.41) is 2.99. The van der Waals surface area contributed by atoms with Gasteiger partial charge in [0, 0.05) is 19.6 Å². The van der Waals surface area contributed by atoms with Gasteiger partial charge in [0.25, 0.3) is 0 Å². The number of nitrogens with one attached hydrogen (secondary N) is 1. The third-order valence-corrected chi connectivity index (χ3v) is 4.27. The van der Waals surface area contributed by atoms with E-state index in [4.69, 9.17) is 0 Å². The van der Waals surface area contributed by atoms with Gasteiger partial charge < -0.3 is 14.8 Å². The number of fused-ring (bicyclic) bond motifs is 1. The summed E-state index contributed by atoms with van der Waals surface area (Å²) in [6, 6.07) is 0.660. The number of carbonyl (C=O) groups is 1. The van der Waals surface area contributed by atoms with Gasteiger partial charge in [0.15, 0.2) is 0 Å². The van der Waals surface area contributed by atoms with Crippen molar-refractivity contribution in [1.29, 1.82) is 0 Å². The summed E-state index contributed by atoms with van der Waals surface area (Å²) in [6.07, 6.45) is -9.94. The van der Waals surface area contributed by atoms with E-state index in [2.05, 4.69) is 10.3 Å². The van der Waals surface area contributed by atoms with Gasteiger partial charge >= 0.3 is 12.4 Å². The van der Waals surface area contributed by atoms with E-state index in [9.17, 15) is 31.1 Å². The van der Waals surface area contributed by atoms with E-state index < -0.39 is 34.5 Å². The van der Waals surface area contributed by atoms with Crippen molar-refractivity contribution in [1.82, 2.24) is 19.8 Å². The van der Waals surface area contributed by atoms with Gasteiger partial charge in [-0.25, -0.2) is 4.98 Å². The molecule has 0 saturated carbocycles. The molecular weight excluding hydrogens is 402 g/mol. The lowest BCUT2D eigenvalue weighted by Gasteiger charge is -2.23. The van der Waals surface area contributed by atoms with Crippen molar-refractivity contribution in [3.8, 4) is 0 Å². The van der Waals surface area contributed by atoms with E-state index in [1.54, 1.807) is 0 Å². The van der Waals surface area contributed by atoms with Gasteiger partial charge in [-0.1, -0.05) is 0 Å². The van der Waals surface area contributed by atoms with Gasteiger partial charge in [-0.15, -0.1) is 0 Å². The van der Waals surface area contributed by atoms with Crippen molar-refractivity contribution in [3.05, 3.63) is 29.1 Å².